The van der Waals surface area contributed by atoms with Crippen LogP contribution in [0.15, 0.2) is 48.3 Å². The van der Waals surface area contributed by atoms with Crippen LogP contribution in [0.25, 0.3) is 0 Å². The minimum absolute atomic E-state index is 0.181. The predicted octanol–water partition coefficient (Wildman–Crippen LogP) is 5.09. The van der Waals surface area contributed by atoms with Crippen LogP contribution in [0.4, 0.5) is 0 Å². The van der Waals surface area contributed by atoms with Crippen LogP contribution >= 0.6 is 0 Å². The zero-order chi connectivity index (χ0) is 19.9. The van der Waals surface area contributed by atoms with Crippen molar-refractivity contribution in [3.63, 3.8) is 0 Å². The molecule has 0 radical (unpaired) electrons. The van der Waals surface area contributed by atoms with Crippen molar-refractivity contribution in [1.82, 2.24) is 4.98 Å². The number of aliphatic hydroxyl groups excluding tert-OH is 2. The molecule has 1 heterocycles. The lowest BCUT2D eigenvalue weighted by atomic mass is 9.88. The molecule has 0 unspecified atom stereocenters. The summed E-state index contributed by atoms with van der Waals surface area (Å²) in [5.74, 6) is 1.73. The zero-order valence-electron chi connectivity index (χ0n) is 17.5. The Bertz CT molecular complexity index is 654. The molecule has 2 aliphatic rings. The fourth-order valence-corrected chi connectivity index (χ4v) is 5.06. The monoisotopic (exact) mass is 383 g/mol. The van der Waals surface area contributed by atoms with Gasteiger partial charge in [0.25, 0.3) is 0 Å². The van der Waals surface area contributed by atoms with E-state index in [1.165, 1.54) is 30.4 Å². The Kier molecular flexibility index (Phi) is 7.87. The maximum absolute atomic E-state index is 10.5. The lowest BCUT2D eigenvalue weighted by Crippen LogP contribution is -2.18. The summed E-state index contributed by atoms with van der Waals surface area (Å²) in [6.45, 7) is 4.44. The quantitative estimate of drug-likeness (QED) is 0.553. The number of nitrogens with zero attached hydrogens (tertiary/aromatic N) is 1. The van der Waals surface area contributed by atoms with Gasteiger partial charge in [0.15, 0.2) is 0 Å². The second-order valence-electron chi connectivity index (χ2n) is 9.03. The molecule has 0 aromatic carbocycles. The Morgan fingerprint density at radius 3 is 2.79 bits per heavy atom. The van der Waals surface area contributed by atoms with E-state index in [9.17, 15) is 10.2 Å². The van der Waals surface area contributed by atoms with Gasteiger partial charge in [-0.15, -0.1) is 0 Å². The molecular formula is C25H37NO2. The number of aryl methyl sites for hydroxylation is 1. The molecule has 0 spiro atoms. The maximum Gasteiger partial charge on any atom is 0.0723 e. The van der Waals surface area contributed by atoms with Gasteiger partial charge in [0.2, 0.25) is 0 Å². The fraction of sp³-hybridized carbons (Fsp3) is 0.640. The highest BCUT2D eigenvalue weighted by Gasteiger charge is 2.43. The summed E-state index contributed by atoms with van der Waals surface area (Å²) >= 11 is 0. The summed E-state index contributed by atoms with van der Waals surface area (Å²) in [5, 5.41) is 20.9. The van der Waals surface area contributed by atoms with Crippen LogP contribution in [-0.2, 0) is 6.42 Å². The molecule has 0 aliphatic heterocycles. The molecule has 154 valence electrons. The Morgan fingerprint density at radius 2 is 2.04 bits per heavy atom. The molecule has 6 atom stereocenters. The molecule has 0 amide bonds. The molecule has 28 heavy (non-hydrogen) atoms. The van der Waals surface area contributed by atoms with Gasteiger partial charge in [-0.3, -0.25) is 4.98 Å². The van der Waals surface area contributed by atoms with Gasteiger partial charge >= 0.3 is 0 Å². The highest BCUT2D eigenvalue weighted by molar-refractivity contribution is 5.22. The van der Waals surface area contributed by atoms with Crippen molar-refractivity contribution in [2.45, 2.75) is 77.4 Å². The average molecular weight is 384 g/mol. The van der Waals surface area contributed by atoms with Gasteiger partial charge in [-0.2, -0.15) is 0 Å². The van der Waals surface area contributed by atoms with Crippen LogP contribution < -0.4 is 0 Å². The van der Waals surface area contributed by atoms with Gasteiger partial charge in [0.1, 0.15) is 0 Å². The summed E-state index contributed by atoms with van der Waals surface area (Å²) in [6.07, 6.45) is 18.1. The van der Waals surface area contributed by atoms with Gasteiger partial charge in [0.05, 0.1) is 12.2 Å². The number of hydrogen-bond donors (Lipinski definition) is 2. The van der Waals surface area contributed by atoms with E-state index >= 15 is 0 Å². The van der Waals surface area contributed by atoms with Crippen molar-refractivity contribution in [3.05, 3.63) is 53.9 Å². The van der Waals surface area contributed by atoms with Crippen molar-refractivity contribution in [1.29, 1.82) is 0 Å². The second-order valence-corrected chi connectivity index (χ2v) is 9.03. The summed E-state index contributed by atoms with van der Waals surface area (Å²) in [5.41, 5.74) is 2.87. The second kappa shape index (κ2) is 10.4. The summed E-state index contributed by atoms with van der Waals surface area (Å²) in [6, 6.07) is 4.18. The number of unbranched alkanes of at least 4 members (excludes halogenated alkanes) is 1. The highest BCUT2D eigenvalue weighted by atomic mass is 16.3. The van der Waals surface area contributed by atoms with Gasteiger partial charge in [0, 0.05) is 18.3 Å². The van der Waals surface area contributed by atoms with Gasteiger partial charge in [-0.25, -0.2) is 0 Å². The van der Waals surface area contributed by atoms with E-state index in [2.05, 4.69) is 43.1 Å². The molecule has 3 heteroatoms. The van der Waals surface area contributed by atoms with Crippen molar-refractivity contribution < 1.29 is 10.2 Å². The first kappa shape index (κ1) is 21.3. The van der Waals surface area contributed by atoms with Gasteiger partial charge < -0.3 is 10.2 Å². The Hall–Kier alpha value is -1.45. The Labute approximate surface area is 170 Å². The molecule has 0 bridgehead atoms. The van der Waals surface area contributed by atoms with E-state index in [4.69, 9.17) is 0 Å². The van der Waals surface area contributed by atoms with Gasteiger partial charge in [-0.05, 0) is 67.6 Å². The standard InChI is InChI=1S/C25H37NO2/c1-3-4-5-18(2)14-22(27)8-9-23-24-16-20(15-21(24)17-25(23)28)7-6-19-10-12-26-13-11-19/h8-13,15,18,21-25,27-28H,3-7,14,16-17H2,1-2H3/b9-8+/t18-,21-,22+,23+,24-,25+/m0/s1. The summed E-state index contributed by atoms with van der Waals surface area (Å²) in [4.78, 5) is 4.09. The minimum Gasteiger partial charge on any atom is -0.392 e. The van der Waals surface area contributed by atoms with Crippen molar-refractivity contribution in [2.24, 2.45) is 23.7 Å². The number of hydrogen-bond acceptors (Lipinski definition) is 3. The molecule has 0 saturated heterocycles. The summed E-state index contributed by atoms with van der Waals surface area (Å²) in [7, 11) is 0. The number of allylic oxidation sites excluding steroid dienone is 2. The smallest absolute Gasteiger partial charge is 0.0723 e. The van der Waals surface area contributed by atoms with E-state index in [0.717, 1.165) is 32.1 Å². The normalized spacial score (nSPS) is 29.1. The number of aromatic nitrogens is 1. The largest absolute Gasteiger partial charge is 0.392 e. The Balaban J connectivity index is 1.49. The van der Waals surface area contributed by atoms with Crippen molar-refractivity contribution >= 4 is 0 Å². The molecule has 1 aromatic heterocycles. The van der Waals surface area contributed by atoms with Crippen molar-refractivity contribution in [3.8, 4) is 0 Å². The van der Waals surface area contributed by atoms with Crippen molar-refractivity contribution in [2.75, 3.05) is 0 Å². The summed E-state index contributed by atoms with van der Waals surface area (Å²) < 4.78 is 0. The third-order valence-electron chi connectivity index (χ3n) is 6.68. The first-order chi connectivity index (χ1) is 13.6. The molecular weight excluding hydrogens is 346 g/mol. The number of rotatable bonds is 10. The molecule has 3 nitrogen and oxygen atoms in total. The van der Waals surface area contributed by atoms with Crippen LogP contribution in [0.5, 0.6) is 0 Å². The van der Waals surface area contributed by atoms with Crippen LogP contribution in [0.1, 0.15) is 64.4 Å². The van der Waals surface area contributed by atoms with E-state index in [1.54, 1.807) is 0 Å². The lowest BCUT2D eigenvalue weighted by molar-refractivity contribution is 0.139. The van der Waals surface area contributed by atoms with E-state index in [-0.39, 0.29) is 12.0 Å². The first-order valence-electron chi connectivity index (χ1n) is 11.2. The van der Waals surface area contributed by atoms with E-state index < -0.39 is 6.10 Å². The SMILES string of the molecule is CCCC[C@H](C)C[C@H](O)/C=C/[C@@H]1[C@H]2CC(CCc3ccncc3)=C[C@H]2C[C@H]1O. The molecule has 3 rings (SSSR count). The third kappa shape index (κ3) is 5.78. The predicted molar refractivity (Wildman–Crippen MR) is 115 cm³/mol. The van der Waals surface area contributed by atoms with E-state index in [1.807, 2.05) is 18.5 Å². The molecule has 1 saturated carbocycles. The van der Waals surface area contributed by atoms with Crippen LogP contribution in [0, 0.1) is 23.7 Å². The molecule has 2 aliphatic carbocycles. The number of pyridine rings is 1. The molecule has 1 aromatic rings. The number of aliphatic hydroxyl groups is 2. The average Bonchev–Trinajstić information content (AvgIpc) is 3.20. The van der Waals surface area contributed by atoms with Crippen LogP contribution in [0.3, 0.4) is 0 Å². The molecule has 1 fully saturated rings. The highest BCUT2D eigenvalue weighted by Crippen LogP contribution is 2.48. The first-order valence-corrected chi connectivity index (χ1v) is 11.2. The molecule has 2 N–H and O–H groups in total. The van der Waals surface area contributed by atoms with E-state index in [0.29, 0.717) is 17.8 Å². The number of fused-ring (bicyclic) bond motifs is 1. The lowest BCUT2D eigenvalue weighted by Gasteiger charge is -2.19. The topological polar surface area (TPSA) is 53.4 Å². The van der Waals surface area contributed by atoms with Gasteiger partial charge in [-0.1, -0.05) is 56.9 Å². The Morgan fingerprint density at radius 1 is 1.25 bits per heavy atom. The third-order valence-corrected chi connectivity index (χ3v) is 6.68. The maximum atomic E-state index is 10.5. The minimum atomic E-state index is -0.390. The van der Waals surface area contributed by atoms with Crippen LogP contribution in [-0.4, -0.2) is 27.4 Å². The zero-order valence-corrected chi connectivity index (χ0v) is 17.5. The van der Waals surface area contributed by atoms with Crippen LogP contribution in [0.2, 0.25) is 0 Å². The fourth-order valence-electron chi connectivity index (χ4n) is 5.06.